The summed E-state index contributed by atoms with van der Waals surface area (Å²) >= 11 is 0. The van der Waals surface area contributed by atoms with E-state index in [1.807, 2.05) is 16.7 Å². The molecule has 2 heterocycles. The molecule has 8 nitrogen and oxygen atoms in total. The fourth-order valence-electron chi connectivity index (χ4n) is 4.03. The van der Waals surface area contributed by atoms with E-state index in [1.165, 1.54) is 19.7 Å². The van der Waals surface area contributed by atoms with Gasteiger partial charge < -0.3 is 9.47 Å². The molecule has 168 valence electrons. The lowest BCUT2D eigenvalue weighted by Crippen LogP contribution is -2.29. The summed E-state index contributed by atoms with van der Waals surface area (Å²) in [5, 5.41) is 1.10. The van der Waals surface area contributed by atoms with Gasteiger partial charge in [0.2, 0.25) is 20.0 Å². The van der Waals surface area contributed by atoms with E-state index in [1.54, 1.807) is 0 Å². The molecule has 3 rings (SSSR count). The number of likely N-dealkylation sites (tertiary alicyclic amines) is 1. The lowest BCUT2D eigenvalue weighted by molar-refractivity contribution is 0.256. The quantitative estimate of drug-likeness (QED) is 0.588. The molecule has 0 spiro atoms. The minimum atomic E-state index is -3.30. The van der Waals surface area contributed by atoms with Crippen LogP contribution in [-0.2, 0) is 33.0 Å². The average molecular weight is 457 g/mol. The summed E-state index contributed by atoms with van der Waals surface area (Å²) in [5.41, 5.74) is 3.20. The van der Waals surface area contributed by atoms with Gasteiger partial charge in [0.05, 0.1) is 11.5 Å². The van der Waals surface area contributed by atoms with Gasteiger partial charge in [-0.3, -0.25) is 0 Å². The molecule has 2 N–H and O–H groups in total. The van der Waals surface area contributed by atoms with Crippen molar-refractivity contribution in [1.82, 2.24) is 18.9 Å². The summed E-state index contributed by atoms with van der Waals surface area (Å²) in [6, 6.07) is 6.01. The van der Waals surface area contributed by atoms with Crippen LogP contribution in [0.4, 0.5) is 0 Å². The van der Waals surface area contributed by atoms with Gasteiger partial charge in [-0.05, 0) is 82.7 Å². The van der Waals surface area contributed by atoms with Gasteiger partial charge in [0.1, 0.15) is 0 Å². The Labute approximate surface area is 179 Å². The summed E-state index contributed by atoms with van der Waals surface area (Å²) in [7, 11) is -1.58. The van der Waals surface area contributed by atoms with E-state index in [0.717, 1.165) is 42.4 Å². The van der Waals surface area contributed by atoms with E-state index in [4.69, 9.17) is 0 Å². The van der Waals surface area contributed by atoms with Crippen molar-refractivity contribution in [2.75, 3.05) is 45.7 Å². The molecule has 30 heavy (non-hydrogen) atoms. The van der Waals surface area contributed by atoms with E-state index in [2.05, 4.69) is 33.7 Å². The number of fused-ring (bicyclic) bond motifs is 1. The molecule has 0 radical (unpaired) electrons. The van der Waals surface area contributed by atoms with Gasteiger partial charge in [-0.25, -0.2) is 26.3 Å². The van der Waals surface area contributed by atoms with E-state index in [-0.39, 0.29) is 11.5 Å². The largest absolute Gasteiger partial charge is 0.346 e. The van der Waals surface area contributed by atoms with Crippen molar-refractivity contribution in [3.63, 3.8) is 0 Å². The van der Waals surface area contributed by atoms with E-state index >= 15 is 0 Å². The van der Waals surface area contributed by atoms with Crippen LogP contribution in [0.5, 0.6) is 0 Å². The van der Waals surface area contributed by atoms with Gasteiger partial charge in [-0.1, -0.05) is 6.07 Å². The first-order valence-electron chi connectivity index (χ1n) is 10.3. The normalized spacial score (nSPS) is 17.0. The lowest BCUT2D eigenvalue weighted by atomic mass is 9.89. The first kappa shape index (κ1) is 23.2. The number of nitrogens with zero attached hydrogens (tertiary/aromatic N) is 2. The maximum Gasteiger partial charge on any atom is 0.213 e. The van der Waals surface area contributed by atoms with Crippen LogP contribution in [0.3, 0.4) is 0 Å². The van der Waals surface area contributed by atoms with Crippen molar-refractivity contribution in [2.45, 2.75) is 31.7 Å². The third kappa shape index (κ3) is 5.61. The van der Waals surface area contributed by atoms with E-state index in [0.29, 0.717) is 18.9 Å². The number of hydrogen-bond donors (Lipinski definition) is 2. The Balaban J connectivity index is 1.95. The molecule has 1 aliphatic rings. The number of aromatic nitrogens is 1. The smallest absolute Gasteiger partial charge is 0.213 e. The second kappa shape index (κ2) is 9.35. The second-order valence-corrected chi connectivity index (χ2v) is 12.1. The first-order valence-corrected chi connectivity index (χ1v) is 13.6. The number of benzene rings is 1. The SMILES string of the molecule is CNS(=O)(=O)CCc1ccc2c(c1)c(C1CCN(C)CC1)cn2CCS(=O)(=O)NC. The predicted molar refractivity (Wildman–Crippen MR) is 121 cm³/mol. The van der Waals surface area contributed by atoms with E-state index in [9.17, 15) is 16.8 Å². The van der Waals surface area contributed by atoms with Crippen LogP contribution in [0.15, 0.2) is 24.4 Å². The predicted octanol–water partition coefficient (Wildman–Crippen LogP) is 1.09. The fourth-order valence-corrected chi connectivity index (χ4v) is 5.38. The molecule has 1 aromatic carbocycles. The Morgan fingerprint density at radius 3 is 2.27 bits per heavy atom. The molecule has 2 aromatic rings. The number of rotatable bonds is 9. The Hall–Kier alpha value is -1.46. The van der Waals surface area contributed by atoms with Crippen LogP contribution in [0.25, 0.3) is 10.9 Å². The second-order valence-electron chi connectivity index (χ2n) is 8.00. The van der Waals surface area contributed by atoms with Gasteiger partial charge in [0.15, 0.2) is 0 Å². The highest BCUT2D eigenvalue weighted by Crippen LogP contribution is 2.35. The molecule has 1 aliphatic heterocycles. The number of hydrogen-bond acceptors (Lipinski definition) is 5. The number of aryl methyl sites for hydroxylation is 2. The molecule has 10 heteroatoms. The molecular weight excluding hydrogens is 424 g/mol. The summed E-state index contributed by atoms with van der Waals surface area (Å²) in [6.45, 7) is 2.44. The zero-order chi connectivity index (χ0) is 21.9. The Bertz CT molecular complexity index is 1090. The molecule has 1 fully saturated rings. The van der Waals surface area contributed by atoms with Crippen LogP contribution in [0.2, 0.25) is 0 Å². The van der Waals surface area contributed by atoms with Crippen molar-refractivity contribution in [3.8, 4) is 0 Å². The van der Waals surface area contributed by atoms with Gasteiger partial charge >= 0.3 is 0 Å². The molecule has 0 saturated carbocycles. The average Bonchev–Trinajstić information content (AvgIpc) is 3.09. The Morgan fingerprint density at radius 1 is 1.00 bits per heavy atom. The maximum absolute atomic E-state index is 11.9. The minimum absolute atomic E-state index is 0.0162. The van der Waals surface area contributed by atoms with Crippen LogP contribution in [-0.4, -0.2) is 72.0 Å². The summed E-state index contributed by atoms with van der Waals surface area (Å²) in [5.74, 6) is 0.476. The molecule has 0 unspecified atom stereocenters. The highest BCUT2D eigenvalue weighted by molar-refractivity contribution is 7.89. The van der Waals surface area contributed by atoms with Crippen molar-refractivity contribution in [1.29, 1.82) is 0 Å². The molecule has 0 aliphatic carbocycles. The molecule has 0 atom stereocenters. The highest BCUT2D eigenvalue weighted by Gasteiger charge is 2.23. The molecule has 1 aromatic heterocycles. The zero-order valence-corrected chi connectivity index (χ0v) is 19.5. The molecular formula is C20H32N4O4S2. The zero-order valence-electron chi connectivity index (χ0n) is 17.9. The molecule has 0 bridgehead atoms. The Morgan fingerprint density at radius 2 is 1.63 bits per heavy atom. The van der Waals surface area contributed by atoms with Crippen molar-refractivity contribution < 1.29 is 16.8 Å². The highest BCUT2D eigenvalue weighted by atomic mass is 32.2. The first-order chi connectivity index (χ1) is 14.1. The summed E-state index contributed by atoms with van der Waals surface area (Å²) in [4.78, 5) is 2.32. The Kier molecular flexibility index (Phi) is 7.24. The van der Waals surface area contributed by atoms with Crippen LogP contribution in [0.1, 0.15) is 29.9 Å². The van der Waals surface area contributed by atoms with Crippen LogP contribution >= 0.6 is 0 Å². The van der Waals surface area contributed by atoms with E-state index < -0.39 is 20.0 Å². The van der Waals surface area contributed by atoms with Crippen LogP contribution in [0, 0.1) is 0 Å². The minimum Gasteiger partial charge on any atom is -0.346 e. The maximum atomic E-state index is 11.9. The topological polar surface area (TPSA) is 101 Å². The molecule has 0 amide bonds. The number of piperidine rings is 1. The monoisotopic (exact) mass is 456 g/mol. The number of sulfonamides is 2. The van der Waals surface area contributed by atoms with Crippen molar-refractivity contribution in [3.05, 3.63) is 35.5 Å². The van der Waals surface area contributed by atoms with Gasteiger partial charge in [-0.15, -0.1) is 0 Å². The van der Waals surface area contributed by atoms with Crippen LogP contribution < -0.4 is 9.44 Å². The lowest BCUT2D eigenvalue weighted by Gasteiger charge is -2.28. The summed E-state index contributed by atoms with van der Waals surface area (Å²) < 4.78 is 54.2. The van der Waals surface area contributed by atoms with Gasteiger partial charge in [0.25, 0.3) is 0 Å². The molecule has 1 saturated heterocycles. The summed E-state index contributed by atoms with van der Waals surface area (Å²) in [6.07, 6.45) is 4.65. The van der Waals surface area contributed by atoms with Crippen molar-refractivity contribution in [2.24, 2.45) is 0 Å². The standard InChI is InChI=1S/C20H32N4O4S2/c1-21-29(25,26)12-8-16-4-5-20-18(14-16)19(17-6-9-23(3)10-7-17)15-24(20)11-13-30(27,28)22-2/h4-5,14-15,17,21-22H,6-13H2,1-3H3. The van der Waals surface area contributed by atoms with Gasteiger partial charge in [-0.2, -0.15) is 0 Å². The number of nitrogens with one attached hydrogen (secondary N) is 2. The third-order valence-corrected chi connectivity index (χ3v) is 8.72. The third-order valence-electron chi connectivity index (χ3n) is 6.02. The fraction of sp³-hybridized carbons (Fsp3) is 0.600. The van der Waals surface area contributed by atoms with Crippen molar-refractivity contribution >= 4 is 30.9 Å². The van der Waals surface area contributed by atoms with Gasteiger partial charge in [0, 0.05) is 23.6 Å².